The van der Waals surface area contributed by atoms with Gasteiger partial charge < -0.3 is 29.4 Å². The number of aromatic nitrogens is 1. The van der Waals surface area contributed by atoms with Crippen molar-refractivity contribution in [2.24, 2.45) is 17.3 Å². The van der Waals surface area contributed by atoms with E-state index >= 15 is 0 Å². The van der Waals surface area contributed by atoms with E-state index in [1.165, 1.54) is 5.57 Å². The van der Waals surface area contributed by atoms with Crippen LogP contribution in [0.15, 0.2) is 28.7 Å². The highest BCUT2D eigenvalue weighted by atomic mass is 16.5. The molecule has 1 aromatic heterocycles. The van der Waals surface area contributed by atoms with Crippen LogP contribution in [0.5, 0.6) is 0 Å². The summed E-state index contributed by atoms with van der Waals surface area (Å²) in [7, 11) is 3.89. The molecule has 0 amide bonds. The smallest absolute Gasteiger partial charge is 0.192 e. The van der Waals surface area contributed by atoms with E-state index in [1.54, 1.807) is 0 Å². The summed E-state index contributed by atoms with van der Waals surface area (Å²) in [5.41, 5.74) is 2.44. The van der Waals surface area contributed by atoms with Crippen LogP contribution in [0.1, 0.15) is 63.8 Å². The van der Waals surface area contributed by atoms with Gasteiger partial charge >= 0.3 is 0 Å². The molecule has 2 heterocycles. The van der Waals surface area contributed by atoms with E-state index < -0.39 is 23.4 Å². The molecule has 0 spiro atoms. The van der Waals surface area contributed by atoms with Crippen molar-refractivity contribution in [3.63, 3.8) is 0 Å². The first-order valence-electron chi connectivity index (χ1n) is 13.5. The van der Waals surface area contributed by atoms with E-state index in [0.717, 1.165) is 35.9 Å². The molecule has 0 radical (unpaired) electrons. The molecule has 0 bridgehead atoms. The second-order valence-corrected chi connectivity index (χ2v) is 12.4. The van der Waals surface area contributed by atoms with Gasteiger partial charge in [0.25, 0.3) is 0 Å². The number of aliphatic hydroxyl groups is 3. The van der Waals surface area contributed by atoms with Crippen molar-refractivity contribution < 1.29 is 24.5 Å². The van der Waals surface area contributed by atoms with Crippen LogP contribution in [0.3, 0.4) is 0 Å². The van der Waals surface area contributed by atoms with Crippen molar-refractivity contribution in [1.82, 2.24) is 9.88 Å². The number of likely N-dealkylation sites (N-methyl/N-ethyl adjacent to an activating group) is 1. The lowest BCUT2D eigenvalue weighted by Gasteiger charge is -2.63. The van der Waals surface area contributed by atoms with E-state index in [2.05, 4.69) is 37.0 Å². The zero-order valence-electron chi connectivity index (χ0n) is 22.1. The summed E-state index contributed by atoms with van der Waals surface area (Å²) >= 11 is 0. The lowest BCUT2D eigenvalue weighted by molar-refractivity contribution is -0.316. The highest BCUT2D eigenvalue weighted by Crippen LogP contribution is 2.63. The molecule has 6 rings (SSSR count). The molecule has 3 aliphatic carbocycles. The van der Waals surface area contributed by atoms with Gasteiger partial charge in [-0.05, 0) is 81.3 Å². The predicted molar refractivity (Wildman–Crippen MR) is 137 cm³/mol. The standard InChI is InChI=1S/C29H40N2O5/c1-6-29-15-22(31(4)5)25(33)24(32)20(29)14-28(34)12-11-27(3)18(8-9-19(27)26(28)36-29)17-7-10-23-21(13-17)30-16(2)35-23/h7-8,10,13,19-20,22,24-26,32-34H,6,9,11-12,14-15H2,1-5H3. The fourth-order valence-corrected chi connectivity index (χ4v) is 8.23. The molecular weight excluding hydrogens is 456 g/mol. The number of aliphatic hydroxyl groups excluding tert-OH is 2. The molecule has 2 aromatic rings. The predicted octanol–water partition coefficient (Wildman–Crippen LogP) is 3.68. The molecule has 9 atom stereocenters. The first-order chi connectivity index (χ1) is 17.0. The Morgan fingerprint density at radius 3 is 2.61 bits per heavy atom. The molecular formula is C29H40N2O5. The summed E-state index contributed by atoms with van der Waals surface area (Å²) in [5.74, 6) is 0.526. The number of oxazole rings is 1. The van der Waals surface area contributed by atoms with Crippen molar-refractivity contribution in [1.29, 1.82) is 0 Å². The Hall–Kier alpha value is -1.77. The van der Waals surface area contributed by atoms with Crippen LogP contribution in [0.4, 0.5) is 0 Å². The Bertz CT molecular complexity index is 1210. The van der Waals surface area contributed by atoms with Crippen molar-refractivity contribution in [2.75, 3.05) is 14.1 Å². The van der Waals surface area contributed by atoms with Crippen LogP contribution < -0.4 is 0 Å². The van der Waals surface area contributed by atoms with E-state index in [9.17, 15) is 15.3 Å². The zero-order chi connectivity index (χ0) is 25.6. The summed E-state index contributed by atoms with van der Waals surface area (Å²) in [6, 6.07) is 6.06. The summed E-state index contributed by atoms with van der Waals surface area (Å²) in [6.07, 6.45) is 4.42. The van der Waals surface area contributed by atoms with Crippen LogP contribution in [0.25, 0.3) is 16.7 Å². The molecule has 3 N–H and O–H groups in total. The van der Waals surface area contributed by atoms with Gasteiger partial charge in [-0.15, -0.1) is 0 Å². The normalized spacial score (nSPS) is 44.3. The minimum absolute atomic E-state index is 0.126. The monoisotopic (exact) mass is 496 g/mol. The van der Waals surface area contributed by atoms with Crippen molar-refractivity contribution in [3.8, 4) is 0 Å². The first kappa shape index (κ1) is 24.6. The Morgan fingerprint density at radius 2 is 1.89 bits per heavy atom. The highest BCUT2D eigenvalue weighted by molar-refractivity contribution is 5.82. The molecule has 3 fully saturated rings. The van der Waals surface area contributed by atoms with Gasteiger partial charge in [-0.2, -0.15) is 0 Å². The highest BCUT2D eigenvalue weighted by Gasteiger charge is 2.66. The molecule has 196 valence electrons. The van der Waals surface area contributed by atoms with Crippen LogP contribution >= 0.6 is 0 Å². The summed E-state index contributed by atoms with van der Waals surface area (Å²) in [4.78, 5) is 6.54. The molecule has 4 aliphatic rings. The average molecular weight is 497 g/mol. The summed E-state index contributed by atoms with van der Waals surface area (Å²) < 4.78 is 12.8. The number of hydrogen-bond acceptors (Lipinski definition) is 7. The van der Waals surface area contributed by atoms with E-state index in [1.807, 2.05) is 32.0 Å². The fourth-order valence-electron chi connectivity index (χ4n) is 8.23. The third kappa shape index (κ3) is 3.33. The van der Waals surface area contributed by atoms with Gasteiger partial charge in [0.15, 0.2) is 11.5 Å². The third-order valence-electron chi connectivity index (χ3n) is 10.4. The number of benzene rings is 1. The maximum atomic E-state index is 12.0. The molecule has 1 saturated heterocycles. The van der Waals surface area contributed by atoms with Crippen LogP contribution in [0, 0.1) is 24.2 Å². The minimum Gasteiger partial charge on any atom is -0.441 e. The van der Waals surface area contributed by atoms with Gasteiger partial charge in [-0.3, -0.25) is 0 Å². The Morgan fingerprint density at radius 1 is 1.11 bits per heavy atom. The number of aryl methyl sites for hydroxylation is 1. The number of ether oxygens (including phenoxy) is 1. The maximum Gasteiger partial charge on any atom is 0.192 e. The molecule has 7 heteroatoms. The quantitative estimate of drug-likeness (QED) is 0.596. The molecule has 1 aliphatic heterocycles. The lowest BCUT2D eigenvalue weighted by atomic mass is 9.54. The van der Waals surface area contributed by atoms with E-state index in [0.29, 0.717) is 25.2 Å². The summed E-state index contributed by atoms with van der Waals surface area (Å²) in [6.45, 7) is 6.31. The topological polar surface area (TPSA) is 99.2 Å². The van der Waals surface area contributed by atoms with Crippen LogP contribution in [0.2, 0.25) is 0 Å². The molecule has 2 saturated carbocycles. The number of allylic oxidation sites excluding steroid dienone is 2. The average Bonchev–Trinajstić information content (AvgIpc) is 3.39. The second kappa shape index (κ2) is 8.11. The molecule has 1 aromatic carbocycles. The number of rotatable bonds is 3. The van der Waals surface area contributed by atoms with Crippen LogP contribution in [-0.2, 0) is 4.74 Å². The van der Waals surface area contributed by atoms with E-state index in [-0.39, 0.29) is 29.4 Å². The molecule has 36 heavy (non-hydrogen) atoms. The Kier molecular flexibility index (Phi) is 5.53. The zero-order valence-corrected chi connectivity index (χ0v) is 22.1. The number of nitrogens with zero attached hydrogens (tertiary/aromatic N) is 2. The maximum absolute atomic E-state index is 12.0. The van der Waals surface area contributed by atoms with Gasteiger partial charge in [0.05, 0.1) is 29.5 Å². The minimum atomic E-state index is -1.00. The number of fused-ring (bicyclic) bond motifs is 5. The lowest BCUT2D eigenvalue weighted by Crippen LogP contribution is -2.72. The van der Waals surface area contributed by atoms with Crippen molar-refractivity contribution >= 4 is 16.7 Å². The largest absolute Gasteiger partial charge is 0.441 e. The van der Waals surface area contributed by atoms with Crippen molar-refractivity contribution in [3.05, 3.63) is 35.7 Å². The van der Waals surface area contributed by atoms with Gasteiger partial charge in [0.2, 0.25) is 0 Å². The number of hydrogen-bond donors (Lipinski definition) is 3. The summed E-state index contributed by atoms with van der Waals surface area (Å²) in [5, 5.41) is 34.1. The first-order valence-corrected chi connectivity index (χ1v) is 13.5. The van der Waals surface area contributed by atoms with E-state index in [4.69, 9.17) is 9.15 Å². The molecule has 9 unspecified atom stereocenters. The van der Waals surface area contributed by atoms with Gasteiger partial charge in [0, 0.05) is 24.8 Å². The Labute approximate surface area is 213 Å². The Balaban J connectivity index is 1.34. The second-order valence-electron chi connectivity index (χ2n) is 12.4. The van der Waals surface area contributed by atoms with Crippen LogP contribution in [-0.4, -0.2) is 74.9 Å². The third-order valence-corrected chi connectivity index (χ3v) is 10.4. The van der Waals surface area contributed by atoms with Gasteiger partial charge in [0.1, 0.15) is 5.52 Å². The SMILES string of the molecule is CCC12CC(N(C)C)C(O)C(O)C1CC1(O)CCC3(C)C(c4ccc5oc(C)nc5c4)=CCC3C1O2. The van der Waals surface area contributed by atoms with Gasteiger partial charge in [-0.25, -0.2) is 4.98 Å². The molecule has 7 nitrogen and oxygen atoms in total. The van der Waals surface area contributed by atoms with Gasteiger partial charge in [-0.1, -0.05) is 26.0 Å². The fraction of sp³-hybridized carbons (Fsp3) is 0.690. The van der Waals surface area contributed by atoms with Crippen molar-refractivity contribution in [2.45, 2.75) is 94.9 Å².